The van der Waals surface area contributed by atoms with E-state index in [0.29, 0.717) is 36.1 Å². The second-order valence-electron chi connectivity index (χ2n) is 7.54. The predicted molar refractivity (Wildman–Crippen MR) is 112 cm³/mol. The van der Waals surface area contributed by atoms with E-state index in [-0.39, 0.29) is 23.4 Å². The number of hydrogen-bond acceptors (Lipinski definition) is 5. The van der Waals surface area contributed by atoms with Crippen LogP contribution in [0.4, 0.5) is 23.4 Å². The van der Waals surface area contributed by atoms with E-state index in [1.54, 1.807) is 23.2 Å². The molecule has 4 rings (SSSR count). The Bertz CT molecular complexity index is 1200. The Balaban J connectivity index is 1.51. The average molecular weight is 460 g/mol. The first-order valence-corrected chi connectivity index (χ1v) is 10.2. The van der Waals surface area contributed by atoms with Crippen LogP contribution in [-0.2, 0) is 12.7 Å². The zero-order valence-electron chi connectivity index (χ0n) is 17.8. The predicted octanol–water partition coefficient (Wildman–Crippen LogP) is 5.58. The number of carbonyl (C=O) groups is 1. The van der Waals surface area contributed by atoms with Gasteiger partial charge in [0.15, 0.2) is 11.6 Å². The minimum atomic E-state index is -4.63. The van der Waals surface area contributed by atoms with Crippen molar-refractivity contribution in [2.24, 2.45) is 0 Å². The van der Waals surface area contributed by atoms with Crippen LogP contribution in [0.2, 0.25) is 0 Å². The smallest absolute Gasteiger partial charge is 0.433 e. The van der Waals surface area contributed by atoms with Gasteiger partial charge in [0, 0.05) is 36.1 Å². The summed E-state index contributed by atoms with van der Waals surface area (Å²) in [6, 6.07) is 7.44. The Labute approximate surface area is 187 Å². The molecule has 1 amide bonds. The van der Waals surface area contributed by atoms with E-state index in [9.17, 15) is 22.4 Å². The highest BCUT2D eigenvalue weighted by atomic mass is 19.4. The molecule has 10 heteroatoms. The quantitative estimate of drug-likeness (QED) is 0.487. The van der Waals surface area contributed by atoms with Crippen LogP contribution in [-0.4, -0.2) is 27.3 Å². The van der Waals surface area contributed by atoms with Crippen LogP contribution in [0.1, 0.15) is 47.1 Å². The van der Waals surface area contributed by atoms with Gasteiger partial charge in [0.25, 0.3) is 5.91 Å². The van der Waals surface area contributed by atoms with Crippen LogP contribution in [0.15, 0.2) is 48.8 Å². The summed E-state index contributed by atoms with van der Waals surface area (Å²) in [5.41, 5.74) is 0.821. The summed E-state index contributed by atoms with van der Waals surface area (Å²) in [6.07, 6.45) is -2.13. The molecule has 0 aliphatic carbocycles. The number of ether oxygens (including phenoxy) is 1. The van der Waals surface area contributed by atoms with Gasteiger partial charge in [-0.05, 0) is 43.7 Å². The topological polar surface area (TPSA) is 67.3 Å². The number of alkyl halides is 3. The van der Waals surface area contributed by atoms with Crippen molar-refractivity contribution >= 4 is 11.7 Å². The summed E-state index contributed by atoms with van der Waals surface area (Å²) < 4.78 is 58.5. The van der Waals surface area contributed by atoms with Crippen LogP contribution >= 0.6 is 0 Å². The monoisotopic (exact) mass is 460 g/mol. The first-order valence-electron chi connectivity index (χ1n) is 10.2. The fourth-order valence-electron chi connectivity index (χ4n) is 3.58. The van der Waals surface area contributed by atoms with Gasteiger partial charge >= 0.3 is 6.18 Å². The molecule has 0 saturated carbocycles. The Kier molecular flexibility index (Phi) is 5.92. The van der Waals surface area contributed by atoms with Crippen molar-refractivity contribution < 1.29 is 27.1 Å². The number of hydrogen-bond donors (Lipinski definition) is 1. The number of pyridine rings is 2. The molecule has 0 saturated heterocycles. The molecular formula is C23H20F4N4O2. The highest BCUT2D eigenvalue weighted by Crippen LogP contribution is 2.33. The molecule has 3 heterocycles. The van der Waals surface area contributed by atoms with E-state index in [1.165, 1.54) is 18.2 Å². The first-order chi connectivity index (χ1) is 15.7. The number of nitrogens with one attached hydrogen (secondary N) is 1. The lowest BCUT2D eigenvalue weighted by atomic mass is 10.1. The Hall–Kier alpha value is -3.69. The molecule has 1 atom stereocenters. The summed E-state index contributed by atoms with van der Waals surface area (Å²) in [7, 11) is 0. The highest BCUT2D eigenvalue weighted by Gasteiger charge is 2.33. The molecule has 0 fully saturated rings. The molecule has 0 bridgehead atoms. The molecule has 0 unspecified atom stereocenters. The Morgan fingerprint density at radius 2 is 1.91 bits per heavy atom. The van der Waals surface area contributed by atoms with E-state index in [0.717, 1.165) is 11.8 Å². The van der Waals surface area contributed by atoms with Crippen molar-refractivity contribution in [1.29, 1.82) is 0 Å². The number of benzene rings is 1. The number of amides is 1. The van der Waals surface area contributed by atoms with Crippen molar-refractivity contribution in [3.05, 3.63) is 77.0 Å². The lowest BCUT2D eigenvalue weighted by molar-refractivity contribution is -0.141. The highest BCUT2D eigenvalue weighted by molar-refractivity contribution is 5.99. The third-order valence-electron chi connectivity index (χ3n) is 5.36. The van der Waals surface area contributed by atoms with Gasteiger partial charge in [-0.25, -0.2) is 9.37 Å². The van der Waals surface area contributed by atoms with Gasteiger partial charge in [-0.3, -0.25) is 9.78 Å². The number of rotatable bonds is 6. The average Bonchev–Trinajstić information content (AvgIpc) is 3.11. The van der Waals surface area contributed by atoms with Gasteiger partial charge in [-0.15, -0.1) is 0 Å². The zero-order chi connectivity index (χ0) is 23.8. The van der Waals surface area contributed by atoms with Crippen molar-refractivity contribution in [2.45, 2.75) is 32.6 Å². The molecule has 3 aromatic rings. The molecule has 172 valence electrons. The molecule has 1 aliphatic heterocycles. The first kappa shape index (κ1) is 22.5. The SMILES string of the molecule is CCN1Cc2c(ccnc2N[C@@H](C)c2ccc(Oc3ccnc(C(F)(F)F)c3)c(F)c2)C1=O. The van der Waals surface area contributed by atoms with Gasteiger partial charge in [0.05, 0.1) is 12.6 Å². The lowest BCUT2D eigenvalue weighted by Gasteiger charge is -2.18. The van der Waals surface area contributed by atoms with Crippen molar-refractivity contribution in [3.63, 3.8) is 0 Å². The molecule has 0 spiro atoms. The van der Waals surface area contributed by atoms with Gasteiger partial charge < -0.3 is 15.0 Å². The fourth-order valence-corrected chi connectivity index (χ4v) is 3.58. The summed E-state index contributed by atoms with van der Waals surface area (Å²) in [5, 5.41) is 3.21. The molecule has 6 nitrogen and oxygen atoms in total. The molecule has 0 radical (unpaired) electrons. The van der Waals surface area contributed by atoms with Crippen molar-refractivity contribution in [2.75, 3.05) is 11.9 Å². The van der Waals surface area contributed by atoms with Gasteiger partial charge in [0.1, 0.15) is 17.3 Å². The largest absolute Gasteiger partial charge is 0.454 e. The molecule has 1 aromatic carbocycles. The number of nitrogens with zero attached hydrogens (tertiary/aromatic N) is 3. The van der Waals surface area contributed by atoms with Crippen molar-refractivity contribution in [1.82, 2.24) is 14.9 Å². The maximum atomic E-state index is 14.7. The number of fused-ring (bicyclic) bond motifs is 1. The van der Waals surface area contributed by atoms with Crippen LogP contribution < -0.4 is 10.1 Å². The van der Waals surface area contributed by atoms with E-state index in [4.69, 9.17) is 4.74 Å². The molecule has 2 aromatic heterocycles. The maximum absolute atomic E-state index is 14.7. The van der Waals surface area contributed by atoms with E-state index >= 15 is 0 Å². The summed E-state index contributed by atoms with van der Waals surface area (Å²) >= 11 is 0. The second-order valence-corrected chi connectivity index (χ2v) is 7.54. The standard InChI is InChI=1S/C23H20F4N4O2/c1-3-31-12-17-16(22(31)32)7-9-29-21(17)30-13(2)14-4-5-19(18(24)10-14)33-15-6-8-28-20(11-15)23(25,26)27/h4-11,13H,3,12H2,1-2H3,(H,29,30)/t13-/m0/s1. The number of halogens is 4. The Morgan fingerprint density at radius 1 is 1.15 bits per heavy atom. The number of carbonyl (C=O) groups excluding carboxylic acids is 1. The van der Waals surface area contributed by atoms with E-state index in [1.807, 2.05) is 13.8 Å². The fraction of sp³-hybridized carbons (Fsp3) is 0.261. The summed E-state index contributed by atoms with van der Waals surface area (Å²) in [5.74, 6) is -0.632. The minimum Gasteiger partial charge on any atom is -0.454 e. The van der Waals surface area contributed by atoms with E-state index in [2.05, 4.69) is 15.3 Å². The van der Waals surface area contributed by atoms with Gasteiger partial charge in [0.2, 0.25) is 0 Å². The van der Waals surface area contributed by atoms with Crippen LogP contribution in [0.3, 0.4) is 0 Å². The van der Waals surface area contributed by atoms with Gasteiger partial charge in [-0.2, -0.15) is 13.2 Å². The normalized spacial score (nSPS) is 14.2. The molecule has 1 aliphatic rings. The third kappa shape index (κ3) is 4.59. The summed E-state index contributed by atoms with van der Waals surface area (Å²) in [6.45, 7) is 4.73. The minimum absolute atomic E-state index is 0.0528. The number of anilines is 1. The Morgan fingerprint density at radius 3 is 2.61 bits per heavy atom. The van der Waals surface area contributed by atoms with Crippen LogP contribution in [0, 0.1) is 5.82 Å². The van der Waals surface area contributed by atoms with Crippen molar-refractivity contribution in [3.8, 4) is 11.5 Å². The van der Waals surface area contributed by atoms with Crippen LogP contribution in [0.25, 0.3) is 0 Å². The van der Waals surface area contributed by atoms with E-state index < -0.39 is 17.7 Å². The molecular weight excluding hydrogens is 440 g/mol. The van der Waals surface area contributed by atoms with Crippen LogP contribution in [0.5, 0.6) is 11.5 Å². The zero-order valence-corrected chi connectivity index (χ0v) is 17.8. The maximum Gasteiger partial charge on any atom is 0.433 e. The third-order valence-corrected chi connectivity index (χ3v) is 5.36. The molecule has 33 heavy (non-hydrogen) atoms. The molecule has 1 N–H and O–H groups in total. The summed E-state index contributed by atoms with van der Waals surface area (Å²) in [4.78, 5) is 21.7. The lowest BCUT2D eigenvalue weighted by Crippen LogP contribution is -2.22. The number of aromatic nitrogens is 2. The second kappa shape index (κ2) is 8.68. The van der Waals surface area contributed by atoms with Gasteiger partial charge in [-0.1, -0.05) is 6.07 Å².